The van der Waals surface area contributed by atoms with Crippen LogP contribution in [0.2, 0.25) is 0 Å². The lowest BCUT2D eigenvalue weighted by molar-refractivity contribution is 0.0566. The molecule has 0 spiro atoms. The topological polar surface area (TPSA) is 93.7 Å². The van der Waals surface area contributed by atoms with Crippen molar-refractivity contribution in [2.75, 3.05) is 60.7 Å². The molecule has 1 aromatic heterocycles. The lowest BCUT2D eigenvalue weighted by Gasteiger charge is -2.33. The van der Waals surface area contributed by atoms with Crippen LogP contribution in [0, 0.1) is 0 Å². The van der Waals surface area contributed by atoms with Crippen molar-refractivity contribution in [1.82, 2.24) is 19.7 Å². The number of nitrogens with zero attached hydrogens (tertiary/aromatic N) is 4. The van der Waals surface area contributed by atoms with Gasteiger partial charge in [0.25, 0.3) is 5.91 Å². The third kappa shape index (κ3) is 8.11. The molecule has 10 nitrogen and oxygen atoms in total. The van der Waals surface area contributed by atoms with Gasteiger partial charge < -0.3 is 28.7 Å². The molecule has 0 atom stereocenters. The maximum Gasteiger partial charge on any atom is 0.409 e. The summed E-state index contributed by atoms with van der Waals surface area (Å²) in [5, 5.41) is 2.70. The van der Waals surface area contributed by atoms with Crippen molar-refractivity contribution >= 4 is 23.3 Å². The number of hydrogen-bond acceptors (Lipinski definition) is 9. The number of carbonyl (C=O) groups is 2. The lowest BCUT2D eigenvalue weighted by atomic mass is 10.1. The molecule has 0 unspecified atom stereocenters. The van der Waals surface area contributed by atoms with Crippen molar-refractivity contribution in [3.05, 3.63) is 69.7 Å². The Morgan fingerprint density at radius 3 is 2.22 bits per heavy atom. The minimum absolute atomic E-state index is 0.108. The Morgan fingerprint density at radius 1 is 0.878 bits per heavy atom. The molecule has 2 aromatic carbocycles. The Balaban J connectivity index is 1.42. The fourth-order valence-corrected chi connectivity index (χ4v) is 5.48. The highest BCUT2D eigenvalue weighted by atomic mass is 32.1. The van der Waals surface area contributed by atoms with Gasteiger partial charge in [-0.3, -0.25) is 9.69 Å². The molecule has 0 N–H and O–H groups in total. The van der Waals surface area contributed by atoms with Gasteiger partial charge in [-0.2, -0.15) is 0 Å². The zero-order valence-electron chi connectivity index (χ0n) is 24.1. The van der Waals surface area contributed by atoms with E-state index in [-0.39, 0.29) is 12.0 Å². The zero-order chi connectivity index (χ0) is 29.2. The van der Waals surface area contributed by atoms with E-state index in [0.29, 0.717) is 56.5 Å². The van der Waals surface area contributed by atoms with Crippen LogP contribution >= 0.6 is 11.3 Å². The number of amides is 2. The Morgan fingerprint density at radius 2 is 1.56 bits per heavy atom. The van der Waals surface area contributed by atoms with Crippen LogP contribution < -0.4 is 14.2 Å². The van der Waals surface area contributed by atoms with Crippen LogP contribution in [-0.2, 0) is 24.2 Å². The van der Waals surface area contributed by atoms with Gasteiger partial charge in [0.05, 0.1) is 34.5 Å². The Hall–Kier alpha value is -3.83. The Bertz CT molecular complexity index is 1290. The highest BCUT2D eigenvalue weighted by Crippen LogP contribution is 2.28. The summed E-state index contributed by atoms with van der Waals surface area (Å²) < 4.78 is 21.2. The number of ether oxygens (including phenoxy) is 4. The standard InChI is InChI=1S/C30H38N4O6S/c1-5-40-30(36)34-16-14-33(15-17-34)29(35)25-21-41-28(31-25)20-32(19-23-6-9-24(37-2)10-7-23)13-12-22-8-11-26(38-3)27(18-22)39-4/h6-11,18,21H,5,12-17,19-20H2,1-4H3. The summed E-state index contributed by atoms with van der Waals surface area (Å²) in [7, 11) is 4.93. The van der Waals surface area contributed by atoms with Crippen LogP contribution in [0.1, 0.15) is 33.5 Å². The van der Waals surface area contributed by atoms with Crippen LogP contribution in [0.5, 0.6) is 17.2 Å². The number of thiazole rings is 1. The summed E-state index contributed by atoms with van der Waals surface area (Å²) in [6.45, 7) is 6.04. The first kappa shape index (κ1) is 30.1. The van der Waals surface area contributed by atoms with Crippen LogP contribution in [-0.4, -0.2) is 92.3 Å². The molecule has 1 aliphatic rings. The summed E-state index contributed by atoms with van der Waals surface area (Å²) in [4.78, 5) is 35.6. The molecule has 11 heteroatoms. The smallest absolute Gasteiger partial charge is 0.409 e. The van der Waals surface area contributed by atoms with E-state index in [1.54, 1.807) is 38.1 Å². The van der Waals surface area contributed by atoms with Gasteiger partial charge in [0.15, 0.2) is 11.5 Å². The zero-order valence-corrected chi connectivity index (χ0v) is 24.9. The number of methoxy groups -OCH3 is 3. The van der Waals surface area contributed by atoms with E-state index >= 15 is 0 Å². The van der Waals surface area contributed by atoms with Crippen molar-refractivity contribution in [3.8, 4) is 17.2 Å². The minimum Gasteiger partial charge on any atom is -0.497 e. The molecule has 0 aliphatic carbocycles. The van der Waals surface area contributed by atoms with Crippen LogP contribution in [0.15, 0.2) is 47.8 Å². The lowest BCUT2D eigenvalue weighted by Crippen LogP contribution is -2.50. The normalized spacial score (nSPS) is 13.3. The maximum atomic E-state index is 13.2. The monoisotopic (exact) mass is 582 g/mol. The van der Waals surface area contributed by atoms with Gasteiger partial charge in [-0.1, -0.05) is 18.2 Å². The van der Waals surface area contributed by atoms with Crippen molar-refractivity contribution in [3.63, 3.8) is 0 Å². The van der Waals surface area contributed by atoms with Crippen molar-refractivity contribution < 1.29 is 28.5 Å². The highest BCUT2D eigenvalue weighted by Gasteiger charge is 2.27. The second kappa shape index (κ2) is 14.7. The highest BCUT2D eigenvalue weighted by molar-refractivity contribution is 7.09. The fraction of sp³-hybridized carbons (Fsp3) is 0.433. The average molecular weight is 583 g/mol. The number of rotatable bonds is 12. The molecular formula is C30H38N4O6S. The van der Waals surface area contributed by atoms with Crippen molar-refractivity contribution in [2.45, 2.75) is 26.4 Å². The van der Waals surface area contributed by atoms with E-state index in [0.717, 1.165) is 41.4 Å². The van der Waals surface area contributed by atoms with Crippen LogP contribution in [0.25, 0.3) is 0 Å². The van der Waals surface area contributed by atoms with Gasteiger partial charge in [-0.05, 0) is 48.7 Å². The summed E-state index contributed by atoms with van der Waals surface area (Å²) in [6.07, 6.45) is 0.471. The molecule has 1 fully saturated rings. The van der Waals surface area contributed by atoms with Crippen molar-refractivity contribution in [1.29, 1.82) is 0 Å². The minimum atomic E-state index is -0.333. The predicted octanol–water partition coefficient (Wildman–Crippen LogP) is 4.33. The predicted molar refractivity (Wildman–Crippen MR) is 157 cm³/mol. The van der Waals surface area contributed by atoms with Crippen molar-refractivity contribution in [2.24, 2.45) is 0 Å². The molecule has 1 aliphatic heterocycles. The van der Waals surface area contributed by atoms with Crippen LogP contribution in [0.3, 0.4) is 0 Å². The second-order valence-electron chi connectivity index (χ2n) is 9.60. The quantitative estimate of drug-likeness (QED) is 0.312. The average Bonchev–Trinajstić information content (AvgIpc) is 3.48. The Kier molecular flexibility index (Phi) is 10.8. The molecule has 4 rings (SSSR count). The largest absolute Gasteiger partial charge is 0.497 e. The van der Waals surface area contributed by atoms with E-state index in [9.17, 15) is 9.59 Å². The molecule has 0 saturated carbocycles. The molecule has 0 radical (unpaired) electrons. The first-order valence-corrected chi connectivity index (χ1v) is 14.5. The van der Waals surface area contributed by atoms with E-state index in [4.69, 9.17) is 23.9 Å². The molecule has 0 bridgehead atoms. The Labute approximate surface area is 245 Å². The molecule has 1 saturated heterocycles. The SMILES string of the molecule is CCOC(=O)N1CCN(C(=O)c2csc(CN(CCc3ccc(OC)c(OC)c3)Cc3ccc(OC)cc3)n2)CC1. The summed E-state index contributed by atoms with van der Waals surface area (Å²) in [6, 6.07) is 14.0. The second-order valence-corrected chi connectivity index (χ2v) is 10.5. The van der Waals surface area contributed by atoms with E-state index in [1.165, 1.54) is 11.3 Å². The first-order valence-electron chi connectivity index (χ1n) is 13.7. The number of hydrogen-bond donors (Lipinski definition) is 0. The third-order valence-electron chi connectivity index (χ3n) is 6.95. The van der Waals surface area contributed by atoms with Gasteiger partial charge >= 0.3 is 6.09 Å². The van der Waals surface area contributed by atoms with Gasteiger partial charge in [0, 0.05) is 44.6 Å². The number of aromatic nitrogens is 1. The number of carbonyl (C=O) groups excluding carboxylic acids is 2. The molecule has 2 amide bonds. The number of benzene rings is 2. The van der Waals surface area contributed by atoms with E-state index in [1.807, 2.05) is 29.6 Å². The van der Waals surface area contributed by atoms with Gasteiger partial charge in [0.1, 0.15) is 16.5 Å². The van der Waals surface area contributed by atoms with Gasteiger partial charge in [0.2, 0.25) is 0 Å². The molecule has 41 heavy (non-hydrogen) atoms. The molecular weight excluding hydrogens is 544 g/mol. The summed E-state index contributed by atoms with van der Waals surface area (Å²) in [5.74, 6) is 2.12. The molecule has 2 heterocycles. The summed E-state index contributed by atoms with van der Waals surface area (Å²) >= 11 is 1.49. The third-order valence-corrected chi connectivity index (χ3v) is 7.79. The fourth-order valence-electron chi connectivity index (χ4n) is 4.67. The van der Waals surface area contributed by atoms with Gasteiger partial charge in [-0.25, -0.2) is 9.78 Å². The van der Waals surface area contributed by atoms with Gasteiger partial charge in [-0.15, -0.1) is 11.3 Å². The first-order chi connectivity index (χ1) is 19.9. The van der Waals surface area contributed by atoms with E-state index in [2.05, 4.69) is 23.1 Å². The summed E-state index contributed by atoms with van der Waals surface area (Å²) in [5.41, 5.74) is 2.74. The van der Waals surface area contributed by atoms with E-state index < -0.39 is 0 Å². The number of piperazine rings is 1. The maximum absolute atomic E-state index is 13.2. The van der Waals surface area contributed by atoms with Crippen LogP contribution in [0.4, 0.5) is 4.79 Å². The molecule has 220 valence electrons. The molecule has 3 aromatic rings.